The van der Waals surface area contributed by atoms with Crippen LogP contribution in [0.15, 0.2) is 54.6 Å². The van der Waals surface area contributed by atoms with Crippen LogP contribution in [0.2, 0.25) is 0 Å². The fourth-order valence-corrected chi connectivity index (χ4v) is 3.87. The zero-order chi connectivity index (χ0) is 19.6. The van der Waals surface area contributed by atoms with E-state index in [1.807, 2.05) is 25.1 Å². The number of benzene rings is 2. The predicted molar refractivity (Wildman–Crippen MR) is 114 cm³/mol. The number of quaternary nitrogens is 2. The molecule has 150 valence electrons. The average molecular weight is 383 g/mol. The molecule has 1 fully saturated rings. The van der Waals surface area contributed by atoms with Gasteiger partial charge in [0.2, 0.25) is 0 Å². The quantitative estimate of drug-likeness (QED) is 0.643. The van der Waals surface area contributed by atoms with Crippen LogP contribution >= 0.6 is 0 Å². The summed E-state index contributed by atoms with van der Waals surface area (Å²) in [7, 11) is 1.70. The van der Waals surface area contributed by atoms with Crippen LogP contribution in [0.1, 0.15) is 24.5 Å². The van der Waals surface area contributed by atoms with Crippen LogP contribution in [0.4, 0.5) is 0 Å². The van der Waals surface area contributed by atoms with Crippen molar-refractivity contribution in [3.05, 3.63) is 65.7 Å². The Balaban J connectivity index is 1.36. The lowest BCUT2D eigenvalue weighted by Crippen LogP contribution is -3.27. The fraction of sp³-hybridized carbons (Fsp3) is 0.417. The van der Waals surface area contributed by atoms with Gasteiger partial charge in [0.1, 0.15) is 32.7 Å². The predicted octanol–water partition coefficient (Wildman–Crippen LogP) is 1.48. The average Bonchev–Trinajstić information content (AvgIpc) is 2.74. The van der Waals surface area contributed by atoms with E-state index in [-0.39, 0.29) is 0 Å². The molecule has 4 nitrogen and oxygen atoms in total. The van der Waals surface area contributed by atoms with Crippen LogP contribution in [0.25, 0.3) is 6.08 Å². The standard InChI is InChI=1S/C24H32N2O2/c1-3-8-21-11-12-23(24(19-21)27-2)28-18-7-13-25-14-16-26(17-15-25)20-22-9-5-4-6-10-22/h3-6,8-12,19H,7,13-18,20H2,1-2H3/p+2/b8-3+. The number of hydrogen-bond donors (Lipinski definition) is 2. The van der Waals surface area contributed by atoms with Gasteiger partial charge >= 0.3 is 0 Å². The molecule has 4 heteroatoms. The van der Waals surface area contributed by atoms with Crippen molar-refractivity contribution >= 4 is 6.08 Å². The Bertz CT molecular complexity index is 738. The van der Waals surface area contributed by atoms with Crippen LogP contribution in [0.5, 0.6) is 11.5 Å². The Morgan fingerprint density at radius 2 is 1.68 bits per heavy atom. The number of rotatable bonds is 9. The summed E-state index contributed by atoms with van der Waals surface area (Å²) < 4.78 is 11.5. The van der Waals surface area contributed by atoms with Crippen LogP contribution in [0.3, 0.4) is 0 Å². The summed E-state index contributed by atoms with van der Waals surface area (Å²) in [6.07, 6.45) is 5.16. The maximum atomic E-state index is 5.98. The topological polar surface area (TPSA) is 27.3 Å². The van der Waals surface area contributed by atoms with Crippen molar-refractivity contribution < 1.29 is 19.3 Å². The van der Waals surface area contributed by atoms with E-state index in [0.717, 1.165) is 36.6 Å². The molecule has 2 aromatic carbocycles. The number of nitrogens with one attached hydrogen (secondary N) is 2. The summed E-state index contributed by atoms with van der Waals surface area (Å²) in [5.74, 6) is 1.64. The van der Waals surface area contributed by atoms with Gasteiger partial charge in [-0.25, -0.2) is 0 Å². The van der Waals surface area contributed by atoms with Gasteiger partial charge in [0.05, 0.1) is 20.3 Å². The summed E-state index contributed by atoms with van der Waals surface area (Å²) in [5, 5.41) is 0. The van der Waals surface area contributed by atoms with Gasteiger partial charge in [-0.2, -0.15) is 0 Å². The Hall–Kier alpha value is -2.30. The largest absolute Gasteiger partial charge is 0.493 e. The van der Waals surface area contributed by atoms with Crippen molar-refractivity contribution in [2.75, 3.05) is 46.4 Å². The third kappa shape index (κ3) is 6.11. The molecule has 0 radical (unpaired) electrons. The second-order valence-corrected chi connectivity index (χ2v) is 7.52. The second kappa shape index (κ2) is 10.9. The molecule has 0 aromatic heterocycles. The summed E-state index contributed by atoms with van der Waals surface area (Å²) in [4.78, 5) is 3.41. The van der Waals surface area contributed by atoms with Crippen LogP contribution in [0, 0.1) is 0 Å². The summed E-state index contributed by atoms with van der Waals surface area (Å²) in [6, 6.07) is 16.9. The molecule has 0 spiro atoms. The number of hydrogen-bond acceptors (Lipinski definition) is 2. The molecule has 1 saturated heterocycles. The third-order valence-electron chi connectivity index (χ3n) is 5.44. The summed E-state index contributed by atoms with van der Waals surface area (Å²) in [6.45, 7) is 10.1. The molecular formula is C24H34N2O2+2. The first-order valence-electron chi connectivity index (χ1n) is 10.4. The molecule has 1 aliphatic rings. The normalized spacial score (nSPS) is 19.6. The molecule has 28 heavy (non-hydrogen) atoms. The van der Waals surface area contributed by atoms with Gasteiger partial charge in [0, 0.05) is 12.0 Å². The Kier molecular flexibility index (Phi) is 7.94. The first kappa shape index (κ1) is 20.4. The maximum Gasteiger partial charge on any atom is 0.161 e. The van der Waals surface area contributed by atoms with Crippen molar-refractivity contribution in [3.8, 4) is 11.5 Å². The molecular weight excluding hydrogens is 348 g/mol. The first-order valence-corrected chi connectivity index (χ1v) is 10.4. The highest BCUT2D eigenvalue weighted by molar-refractivity contribution is 5.55. The molecule has 0 bridgehead atoms. The Labute approximate surface area is 169 Å². The summed E-state index contributed by atoms with van der Waals surface area (Å²) in [5.41, 5.74) is 2.58. The van der Waals surface area contributed by atoms with Crippen molar-refractivity contribution in [1.29, 1.82) is 0 Å². The lowest BCUT2D eigenvalue weighted by molar-refractivity contribution is -1.02. The van der Waals surface area contributed by atoms with Gasteiger partial charge in [0.25, 0.3) is 0 Å². The molecule has 0 amide bonds. The molecule has 1 heterocycles. The molecule has 0 atom stereocenters. The minimum Gasteiger partial charge on any atom is -0.493 e. The lowest BCUT2D eigenvalue weighted by atomic mass is 10.2. The monoisotopic (exact) mass is 382 g/mol. The number of piperazine rings is 1. The zero-order valence-electron chi connectivity index (χ0n) is 17.2. The molecule has 2 aromatic rings. The molecule has 0 saturated carbocycles. The van der Waals surface area contributed by atoms with Gasteiger partial charge in [-0.15, -0.1) is 0 Å². The second-order valence-electron chi connectivity index (χ2n) is 7.52. The van der Waals surface area contributed by atoms with E-state index >= 15 is 0 Å². The van der Waals surface area contributed by atoms with Gasteiger partial charge < -0.3 is 19.3 Å². The van der Waals surface area contributed by atoms with E-state index in [4.69, 9.17) is 9.47 Å². The highest BCUT2D eigenvalue weighted by Crippen LogP contribution is 2.28. The van der Waals surface area contributed by atoms with E-state index < -0.39 is 0 Å². The maximum absolute atomic E-state index is 5.98. The fourth-order valence-electron chi connectivity index (χ4n) is 3.87. The van der Waals surface area contributed by atoms with E-state index in [2.05, 4.69) is 42.5 Å². The van der Waals surface area contributed by atoms with Crippen molar-refractivity contribution in [1.82, 2.24) is 0 Å². The van der Waals surface area contributed by atoms with Crippen LogP contribution in [-0.4, -0.2) is 46.4 Å². The Morgan fingerprint density at radius 3 is 2.39 bits per heavy atom. The van der Waals surface area contributed by atoms with Gasteiger partial charge in [-0.1, -0.05) is 48.6 Å². The molecule has 3 rings (SSSR count). The minimum absolute atomic E-state index is 0.739. The van der Waals surface area contributed by atoms with Crippen molar-refractivity contribution in [2.45, 2.75) is 19.9 Å². The number of methoxy groups -OCH3 is 1. The third-order valence-corrected chi connectivity index (χ3v) is 5.44. The summed E-state index contributed by atoms with van der Waals surface area (Å²) >= 11 is 0. The van der Waals surface area contributed by atoms with E-state index in [0.29, 0.717) is 0 Å². The molecule has 2 N–H and O–H groups in total. The molecule has 1 aliphatic heterocycles. The first-order chi connectivity index (χ1) is 13.8. The van der Waals surface area contributed by atoms with E-state index in [9.17, 15) is 0 Å². The smallest absolute Gasteiger partial charge is 0.161 e. The van der Waals surface area contributed by atoms with Crippen molar-refractivity contribution in [2.24, 2.45) is 0 Å². The molecule has 0 aliphatic carbocycles. The van der Waals surface area contributed by atoms with Crippen LogP contribution < -0.4 is 19.3 Å². The highest BCUT2D eigenvalue weighted by Gasteiger charge is 2.22. The zero-order valence-corrected chi connectivity index (χ0v) is 17.2. The van der Waals surface area contributed by atoms with E-state index in [1.54, 1.807) is 16.9 Å². The lowest BCUT2D eigenvalue weighted by Gasteiger charge is -2.29. The van der Waals surface area contributed by atoms with Crippen molar-refractivity contribution in [3.63, 3.8) is 0 Å². The number of ether oxygens (including phenoxy) is 2. The van der Waals surface area contributed by atoms with Gasteiger partial charge in [-0.05, 0) is 24.6 Å². The number of allylic oxidation sites excluding steroid dienone is 1. The van der Waals surface area contributed by atoms with Crippen LogP contribution in [-0.2, 0) is 6.54 Å². The van der Waals surface area contributed by atoms with Gasteiger partial charge in [-0.3, -0.25) is 0 Å². The highest BCUT2D eigenvalue weighted by atomic mass is 16.5. The minimum atomic E-state index is 0.739. The SMILES string of the molecule is C/C=C/c1ccc(OCCC[NH+]2CC[NH+](Cc3ccccc3)CC2)c(OC)c1. The molecule has 0 unspecified atom stereocenters. The van der Waals surface area contributed by atoms with Gasteiger partial charge in [0.15, 0.2) is 11.5 Å². The Morgan fingerprint density at radius 1 is 0.929 bits per heavy atom. The van der Waals surface area contributed by atoms with E-state index in [1.165, 1.54) is 38.3 Å².